The fourth-order valence-electron chi connectivity index (χ4n) is 1.62. The normalized spacial score (nSPS) is 11.7. The number of allylic oxidation sites excluding steroid dienone is 3. The summed E-state index contributed by atoms with van der Waals surface area (Å²) in [5.74, 6) is 0.482. The fraction of sp³-hybridized carbons (Fsp3) is 0.714. The van der Waals surface area contributed by atoms with Gasteiger partial charge < -0.3 is 5.11 Å². The molecule has 0 unspecified atom stereocenters. The zero-order chi connectivity index (χ0) is 11.5. The second-order valence-corrected chi connectivity index (χ2v) is 4.35. The quantitative estimate of drug-likeness (QED) is 0.317. The fourth-order valence-corrected chi connectivity index (χ4v) is 1.62. The van der Waals surface area contributed by atoms with Gasteiger partial charge in [-0.25, -0.2) is 0 Å². The molecule has 0 atom stereocenters. The Morgan fingerprint density at radius 1 is 1.07 bits per heavy atom. The minimum Gasteiger partial charge on any atom is -0.512 e. The van der Waals surface area contributed by atoms with Gasteiger partial charge in [-0.2, -0.15) is 0 Å². The van der Waals surface area contributed by atoms with E-state index >= 15 is 0 Å². The summed E-state index contributed by atoms with van der Waals surface area (Å²) in [5.41, 5.74) is 0.926. The van der Waals surface area contributed by atoms with Gasteiger partial charge in [-0.1, -0.05) is 57.6 Å². The predicted octanol–water partition coefficient (Wildman–Crippen LogP) is 5.15. The minimum absolute atomic E-state index is 0.482. The molecule has 0 aliphatic heterocycles. The Labute approximate surface area is 94.9 Å². The number of rotatable bonds is 9. The molecule has 0 spiro atoms. The van der Waals surface area contributed by atoms with Gasteiger partial charge in [-0.05, 0) is 19.4 Å². The van der Waals surface area contributed by atoms with Gasteiger partial charge in [0.2, 0.25) is 0 Å². The van der Waals surface area contributed by atoms with Crippen molar-refractivity contribution in [2.24, 2.45) is 0 Å². The van der Waals surface area contributed by atoms with Crippen molar-refractivity contribution in [1.29, 1.82) is 0 Å². The number of hydrogen-bond acceptors (Lipinski definition) is 1. The van der Waals surface area contributed by atoms with E-state index < -0.39 is 0 Å². The number of aliphatic hydroxyl groups excluding tert-OH is 1. The summed E-state index contributed by atoms with van der Waals surface area (Å²) in [6.07, 6.45) is 11.6. The average Bonchev–Trinajstić information content (AvgIpc) is 2.15. The standard InChI is InChI=1S/C14H26O/c1-4-5-6-7-8-9-10-11-14(15)12-13(2)3/h12,15H,2,4-11H2,1,3H3. The van der Waals surface area contributed by atoms with Crippen LogP contribution in [0.3, 0.4) is 0 Å². The molecule has 0 radical (unpaired) electrons. The van der Waals surface area contributed by atoms with Crippen LogP contribution < -0.4 is 0 Å². The molecule has 15 heavy (non-hydrogen) atoms. The lowest BCUT2D eigenvalue weighted by atomic mass is 10.1. The molecule has 0 aliphatic rings. The monoisotopic (exact) mass is 210 g/mol. The molecule has 0 aromatic rings. The van der Waals surface area contributed by atoms with E-state index in [1.807, 2.05) is 6.92 Å². The van der Waals surface area contributed by atoms with E-state index in [0.717, 1.165) is 18.4 Å². The van der Waals surface area contributed by atoms with Gasteiger partial charge >= 0.3 is 0 Å². The van der Waals surface area contributed by atoms with Crippen molar-refractivity contribution in [2.75, 3.05) is 0 Å². The van der Waals surface area contributed by atoms with Gasteiger partial charge in [0.25, 0.3) is 0 Å². The Balaban J connectivity index is 3.27. The average molecular weight is 210 g/mol. The highest BCUT2D eigenvalue weighted by Crippen LogP contribution is 2.11. The van der Waals surface area contributed by atoms with Crippen molar-refractivity contribution in [3.05, 3.63) is 24.0 Å². The van der Waals surface area contributed by atoms with Gasteiger partial charge in [0.05, 0.1) is 5.76 Å². The van der Waals surface area contributed by atoms with Crippen molar-refractivity contribution >= 4 is 0 Å². The zero-order valence-corrected chi connectivity index (χ0v) is 10.4. The second kappa shape index (κ2) is 9.82. The SMILES string of the molecule is C=C(C)C=C(O)CCCCCCCCC. The molecule has 0 aliphatic carbocycles. The Bertz CT molecular complexity index is 192. The molecular weight excluding hydrogens is 184 g/mol. The summed E-state index contributed by atoms with van der Waals surface area (Å²) >= 11 is 0. The maximum atomic E-state index is 9.46. The van der Waals surface area contributed by atoms with Crippen LogP contribution in [0.2, 0.25) is 0 Å². The molecule has 0 rings (SSSR count). The number of aliphatic hydroxyl groups is 1. The molecule has 1 nitrogen and oxygen atoms in total. The predicted molar refractivity (Wildman–Crippen MR) is 68.1 cm³/mol. The van der Waals surface area contributed by atoms with Crippen molar-refractivity contribution in [1.82, 2.24) is 0 Å². The smallest absolute Gasteiger partial charge is 0.0925 e. The molecule has 0 aromatic heterocycles. The third-order valence-electron chi connectivity index (χ3n) is 2.45. The molecule has 1 heteroatoms. The zero-order valence-electron chi connectivity index (χ0n) is 10.4. The second-order valence-electron chi connectivity index (χ2n) is 4.35. The lowest BCUT2D eigenvalue weighted by molar-refractivity contribution is 0.379. The maximum Gasteiger partial charge on any atom is 0.0925 e. The van der Waals surface area contributed by atoms with Crippen LogP contribution >= 0.6 is 0 Å². The first kappa shape index (κ1) is 14.3. The Kier molecular flexibility index (Phi) is 9.35. The van der Waals surface area contributed by atoms with Crippen LogP contribution in [0.1, 0.15) is 65.2 Å². The van der Waals surface area contributed by atoms with Gasteiger partial charge in [0, 0.05) is 6.42 Å². The van der Waals surface area contributed by atoms with Crippen LogP contribution in [0.15, 0.2) is 24.0 Å². The molecule has 0 aromatic carbocycles. The third-order valence-corrected chi connectivity index (χ3v) is 2.45. The number of hydrogen-bond donors (Lipinski definition) is 1. The maximum absolute atomic E-state index is 9.46. The first-order chi connectivity index (χ1) is 7.16. The topological polar surface area (TPSA) is 20.2 Å². The molecule has 0 saturated heterocycles. The van der Waals surface area contributed by atoms with E-state index in [1.165, 1.54) is 38.5 Å². The molecule has 88 valence electrons. The largest absolute Gasteiger partial charge is 0.512 e. The van der Waals surface area contributed by atoms with Crippen LogP contribution in [0, 0.1) is 0 Å². The van der Waals surface area contributed by atoms with Crippen molar-refractivity contribution in [3.8, 4) is 0 Å². The summed E-state index contributed by atoms with van der Waals surface area (Å²) in [4.78, 5) is 0. The third kappa shape index (κ3) is 11.2. The van der Waals surface area contributed by atoms with E-state index in [1.54, 1.807) is 6.08 Å². The van der Waals surface area contributed by atoms with Gasteiger partial charge in [-0.15, -0.1) is 0 Å². The van der Waals surface area contributed by atoms with Gasteiger partial charge in [-0.3, -0.25) is 0 Å². The minimum atomic E-state index is 0.482. The Morgan fingerprint density at radius 3 is 2.13 bits per heavy atom. The highest BCUT2D eigenvalue weighted by molar-refractivity contribution is 5.13. The first-order valence-electron chi connectivity index (χ1n) is 6.22. The van der Waals surface area contributed by atoms with E-state index in [4.69, 9.17) is 0 Å². The highest BCUT2D eigenvalue weighted by Gasteiger charge is 1.94. The van der Waals surface area contributed by atoms with Gasteiger partial charge in [0.1, 0.15) is 0 Å². The molecule has 0 bridgehead atoms. The molecule has 0 saturated carbocycles. The van der Waals surface area contributed by atoms with Crippen molar-refractivity contribution in [2.45, 2.75) is 65.2 Å². The molecule has 0 amide bonds. The summed E-state index contributed by atoms with van der Waals surface area (Å²) in [6, 6.07) is 0. The summed E-state index contributed by atoms with van der Waals surface area (Å²) in [6.45, 7) is 7.88. The molecule has 1 N–H and O–H groups in total. The summed E-state index contributed by atoms with van der Waals surface area (Å²) in [5, 5.41) is 9.46. The molecule has 0 heterocycles. The van der Waals surface area contributed by atoms with Crippen LogP contribution in [0.5, 0.6) is 0 Å². The van der Waals surface area contributed by atoms with Crippen molar-refractivity contribution in [3.63, 3.8) is 0 Å². The molecule has 0 fully saturated rings. The number of unbranched alkanes of at least 4 members (excludes halogenated alkanes) is 6. The van der Waals surface area contributed by atoms with Crippen molar-refractivity contribution < 1.29 is 5.11 Å². The van der Waals surface area contributed by atoms with Crippen LogP contribution in [0.25, 0.3) is 0 Å². The lowest BCUT2D eigenvalue weighted by Crippen LogP contribution is -1.84. The summed E-state index contributed by atoms with van der Waals surface area (Å²) in [7, 11) is 0. The Morgan fingerprint density at radius 2 is 1.60 bits per heavy atom. The van der Waals surface area contributed by atoms with Gasteiger partial charge in [0.15, 0.2) is 0 Å². The highest BCUT2D eigenvalue weighted by atomic mass is 16.3. The first-order valence-corrected chi connectivity index (χ1v) is 6.22. The summed E-state index contributed by atoms with van der Waals surface area (Å²) < 4.78 is 0. The van der Waals surface area contributed by atoms with E-state index in [2.05, 4.69) is 13.5 Å². The van der Waals surface area contributed by atoms with Crippen LogP contribution in [0.4, 0.5) is 0 Å². The lowest BCUT2D eigenvalue weighted by Gasteiger charge is -2.01. The van der Waals surface area contributed by atoms with Crippen LogP contribution in [-0.4, -0.2) is 5.11 Å². The molecular formula is C14H26O. The Hall–Kier alpha value is -0.720. The van der Waals surface area contributed by atoms with E-state index in [-0.39, 0.29) is 0 Å². The van der Waals surface area contributed by atoms with E-state index in [9.17, 15) is 5.11 Å². The van der Waals surface area contributed by atoms with E-state index in [0.29, 0.717) is 5.76 Å². The van der Waals surface area contributed by atoms with Crippen LogP contribution in [-0.2, 0) is 0 Å².